The predicted octanol–water partition coefficient (Wildman–Crippen LogP) is 3.96. The summed E-state index contributed by atoms with van der Waals surface area (Å²) in [5.74, 6) is 0.478. The highest BCUT2D eigenvalue weighted by Crippen LogP contribution is 2.27. The largest absolute Gasteiger partial charge is 0.340 e. The Kier molecular flexibility index (Phi) is 5.50. The molecule has 0 unspecified atom stereocenters. The predicted molar refractivity (Wildman–Crippen MR) is 111 cm³/mol. The molecule has 1 saturated heterocycles. The average molecular weight is 380 g/mol. The van der Waals surface area contributed by atoms with Crippen molar-refractivity contribution in [3.05, 3.63) is 65.2 Å². The summed E-state index contributed by atoms with van der Waals surface area (Å²) in [6, 6.07) is 18.6. The van der Waals surface area contributed by atoms with Crippen LogP contribution in [0.4, 0.5) is 0 Å². The molecule has 4 nitrogen and oxygen atoms in total. The van der Waals surface area contributed by atoms with E-state index in [2.05, 4.69) is 29.2 Å². The van der Waals surface area contributed by atoms with Crippen LogP contribution < -0.4 is 5.73 Å². The van der Waals surface area contributed by atoms with Gasteiger partial charge in [0.2, 0.25) is 5.91 Å². The van der Waals surface area contributed by atoms with Gasteiger partial charge in [0.05, 0.1) is 15.2 Å². The van der Waals surface area contributed by atoms with Gasteiger partial charge in [-0.3, -0.25) is 4.79 Å². The number of para-hydroxylation sites is 1. The van der Waals surface area contributed by atoms with Crippen LogP contribution in [-0.2, 0) is 11.2 Å². The highest BCUT2D eigenvalue weighted by molar-refractivity contribution is 7.18. The number of carbonyl (C=O) groups excluding carboxylic acids is 1. The Morgan fingerprint density at radius 3 is 2.67 bits per heavy atom. The van der Waals surface area contributed by atoms with Gasteiger partial charge in [-0.2, -0.15) is 0 Å². The first-order chi connectivity index (χ1) is 13.2. The first kappa shape index (κ1) is 18.1. The van der Waals surface area contributed by atoms with Crippen LogP contribution in [0.15, 0.2) is 54.6 Å². The summed E-state index contributed by atoms with van der Waals surface area (Å²) in [5.41, 5.74) is 8.61. The number of hydrogen-bond acceptors (Lipinski definition) is 4. The number of likely N-dealkylation sites (tertiary alicyclic amines) is 1. The lowest BCUT2D eigenvalue weighted by Crippen LogP contribution is -2.32. The van der Waals surface area contributed by atoms with E-state index in [9.17, 15) is 4.79 Å². The zero-order chi connectivity index (χ0) is 18.6. The minimum absolute atomic E-state index is 0.0269. The molecule has 1 amide bonds. The molecule has 1 aromatic heterocycles. The summed E-state index contributed by atoms with van der Waals surface area (Å²) in [6.45, 7) is 1.40. The number of amides is 1. The van der Waals surface area contributed by atoms with E-state index in [1.165, 1.54) is 10.3 Å². The van der Waals surface area contributed by atoms with Crippen LogP contribution in [-0.4, -0.2) is 34.9 Å². The molecule has 0 radical (unpaired) electrons. The third-order valence-corrected chi connectivity index (χ3v) is 6.41. The Morgan fingerprint density at radius 1 is 1.07 bits per heavy atom. The van der Waals surface area contributed by atoms with Crippen molar-refractivity contribution < 1.29 is 4.79 Å². The van der Waals surface area contributed by atoms with Crippen molar-refractivity contribution in [2.75, 3.05) is 13.1 Å². The first-order valence-electron chi connectivity index (χ1n) is 9.63. The quantitative estimate of drug-likeness (QED) is 0.660. The number of aryl methyl sites for hydroxylation is 1. The van der Waals surface area contributed by atoms with Gasteiger partial charge in [-0.25, -0.2) is 4.98 Å². The summed E-state index contributed by atoms with van der Waals surface area (Å²) in [7, 11) is 0. The van der Waals surface area contributed by atoms with E-state index < -0.39 is 0 Å². The molecule has 4 rings (SSSR count). The van der Waals surface area contributed by atoms with Crippen molar-refractivity contribution in [1.82, 2.24) is 9.88 Å². The Hall–Kier alpha value is -2.24. The fourth-order valence-electron chi connectivity index (χ4n) is 3.82. The number of aromatic nitrogens is 1. The van der Waals surface area contributed by atoms with E-state index in [0.29, 0.717) is 13.0 Å². The van der Waals surface area contributed by atoms with E-state index in [-0.39, 0.29) is 17.9 Å². The molecule has 2 N–H and O–H groups in total. The van der Waals surface area contributed by atoms with E-state index >= 15 is 0 Å². The van der Waals surface area contributed by atoms with Gasteiger partial charge in [-0.15, -0.1) is 11.3 Å². The number of benzene rings is 2. The fraction of sp³-hybridized carbons (Fsp3) is 0.364. The van der Waals surface area contributed by atoms with Gasteiger partial charge in [-0.1, -0.05) is 42.5 Å². The third-order valence-electron chi connectivity index (χ3n) is 5.32. The SMILES string of the molecule is N[C@@H]1CN(C(=O)CCCCc2nc3ccccc3s2)C[C@H]1c1ccccc1. The lowest BCUT2D eigenvalue weighted by atomic mass is 9.95. The summed E-state index contributed by atoms with van der Waals surface area (Å²) in [6.07, 6.45) is 3.43. The standard InChI is InChI=1S/C22H25N3OS/c23-18-15-25(14-17(18)16-8-2-1-3-9-16)22(26)13-7-6-12-21-24-19-10-4-5-11-20(19)27-21/h1-5,8-11,17-18H,6-7,12-15,23H2/t17-,18+/m0/s1. The normalized spacial score (nSPS) is 19.7. The van der Waals surface area contributed by atoms with Crippen LogP contribution in [0.5, 0.6) is 0 Å². The molecule has 0 aliphatic carbocycles. The maximum absolute atomic E-state index is 12.6. The highest BCUT2D eigenvalue weighted by atomic mass is 32.1. The molecule has 3 aromatic rings. The van der Waals surface area contributed by atoms with Crippen LogP contribution in [0.25, 0.3) is 10.2 Å². The third kappa shape index (κ3) is 4.20. The van der Waals surface area contributed by atoms with Gasteiger partial charge in [0.15, 0.2) is 0 Å². The van der Waals surface area contributed by atoms with Crippen molar-refractivity contribution in [1.29, 1.82) is 0 Å². The molecule has 140 valence electrons. The van der Waals surface area contributed by atoms with Gasteiger partial charge in [0, 0.05) is 31.5 Å². The summed E-state index contributed by atoms with van der Waals surface area (Å²) in [4.78, 5) is 19.2. The Labute approximate surface area is 164 Å². The van der Waals surface area contributed by atoms with Gasteiger partial charge < -0.3 is 10.6 Å². The second-order valence-corrected chi connectivity index (χ2v) is 8.38. The van der Waals surface area contributed by atoms with Gasteiger partial charge in [-0.05, 0) is 37.0 Å². The minimum atomic E-state index is 0.0269. The molecule has 27 heavy (non-hydrogen) atoms. The van der Waals surface area contributed by atoms with Crippen molar-refractivity contribution in [3.8, 4) is 0 Å². The molecule has 1 fully saturated rings. The van der Waals surface area contributed by atoms with Crippen LogP contribution in [0, 0.1) is 0 Å². The molecule has 5 heteroatoms. The molecule has 0 spiro atoms. The Morgan fingerprint density at radius 2 is 1.85 bits per heavy atom. The van der Waals surface area contributed by atoms with Crippen molar-refractivity contribution >= 4 is 27.5 Å². The second kappa shape index (κ2) is 8.19. The van der Waals surface area contributed by atoms with Crippen molar-refractivity contribution in [2.45, 2.75) is 37.6 Å². The number of thiazole rings is 1. The Bertz CT molecular complexity index is 875. The lowest BCUT2D eigenvalue weighted by molar-refractivity contribution is -0.130. The molecule has 1 aliphatic heterocycles. The fourth-order valence-corrected chi connectivity index (χ4v) is 4.83. The van der Waals surface area contributed by atoms with E-state index in [1.54, 1.807) is 11.3 Å². The van der Waals surface area contributed by atoms with Gasteiger partial charge >= 0.3 is 0 Å². The zero-order valence-electron chi connectivity index (χ0n) is 15.4. The minimum Gasteiger partial charge on any atom is -0.340 e. The van der Waals surface area contributed by atoms with Crippen molar-refractivity contribution in [3.63, 3.8) is 0 Å². The highest BCUT2D eigenvalue weighted by Gasteiger charge is 2.33. The number of nitrogens with zero attached hydrogens (tertiary/aromatic N) is 2. The zero-order valence-corrected chi connectivity index (χ0v) is 16.2. The molecule has 1 aliphatic rings. The number of hydrogen-bond donors (Lipinski definition) is 1. The van der Waals surface area contributed by atoms with Crippen LogP contribution in [0.3, 0.4) is 0 Å². The van der Waals surface area contributed by atoms with Crippen LogP contribution >= 0.6 is 11.3 Å². The van der Waals surface area contributed by atoms with E-state index in [0.717, 1.165) is 36.3 Å². The monoisotopic (exact) mass is 379 g/mol. The molecular formula is C22H25N3OS. The molecule has 2 atom stereocenters. The van der Waals surface area contributed by atoms with Gasteiger partial charge in [0.1, 0.15) is 0 Å². The maximum Gasteiger partial charge on any atom is 0.222 e. The molecular weight excluding hydrogens is 354 g/mol. The topological polar surface area (TPSA) is 59.2 Å². The molecule has 2 heterocycles. The Balaban J connectivity index is 1.25. The number of fused-ring (bicyclic) bond motifs is 1. The number of carbonyl (C=O) groups is 1. The summed E-state index contributed by atoms with van der Waals surface area (Å²) < 4.78 is 1.24. The maximum atomic E-state index is 12.6. The van der Waals surface area contributed by atoms with Crippen LogP contribution in [0.2, 0.25) is 0 Å². The molecule has 0 bridgehead atoms. The molecule has 2 aromatic carbocycles. The number of unbranched alkanes of at least 4 members (excludes halogenated alkanes) is 1. The lowest BCUT2D eigenvalue weighted by Gasteiger charge is -2.16. The van der Waals surface area contributed by atoms with Crippen molar-refractivity contribution in [2.24, 2.45) is 5.73 Å². The smallest absolute Gasteiger partial charge is 0.222 e. The number of rotatable bonds is 6. The number of nitrogens with two attached hydrogens (primary N) is 1. The van der Waals surface area contributed by atoms with Crippen LogP contribution in [0.1, 0.15) is 35.8 Å². The summed E-state index contributed by atoms with van der Waals surface area (Å²) in [5, 5.41) is 1.16. The van der Waals surface area contributed by atoms with E-state index in [4.69, 9.17) is 5.73 Å². The second-order valence-electron chi connectivity index (χ2n) is 7.26. The average Bonchev–Trinajstić information content (AvgIpc) is 3.29. The first-order valence-corrected chi connectivity index (χ1v) is 10.4. The van der Waals surface area contributed by atoms with Gasteiger partial charge in [0.25, 0.3) is 0 Å². The summed E-state index contributed by atoms with van der Waals surface area (Å²) >= 11 is 1.76. The van der Waals surface area contributed by atoms with E-state index in [1.807, 2.05) is 35.2 Å². The molecule has 0 saturated carbocycles.